The van der Waals surface area contributed by atoms with Gasteiger partial charge in [-0.2, -0.15) is 0 Å². The Morgan fingerprint density at radius 3 is 2.56 bits per heavy atom. The minimum absolute atomic E-state index is 0.617. The SMILES string of the molecule is COc1ncnc2ccc(N3CCN(Cc4ncccn4)CC3)cc12. The molecule has 1 aromatic carbocycles. The number of hydrogen-bond acceptors (Lipinski definition) is 7. The van der Waals surface area contributed by atoms with E-state index in [1.807, 2.05) is 12.1 Å². The first-order valence-electron chi connectivity index (χ1n) is 8.35. The van der Waals surface area contributed by atoms with Crippen LogP contribution >= 0.6 is 0 Å². The van der Waals surface area contributed by atoms with Crippen molar-refractivity contribution in [3.8, 4) is 5.88 Å². The molecular formula is C18H20N6O. The minimum Gasteiger partial charge on any atom is -0.480 e. The van der Waals surface area contributed by atoms with Crippen LogP contribution in [0.5, 0.6) is 5.88 Å². The Morgan fingerprint density at radius 2 is 1.80 bits per heavy atom. The molecule has 0 atom stereocenters. The van der Waals surface area contributed by atoms with E-state index in [0.717, 1.165) is 49.5 Å². The average Bonchev–Trinajstić information content (AvgIpc) is 2.68. The lowest BCUT2D eigenvalue weighted by Gasteiger charge is -2.35. The second kappa shape index (κ2) is 6.98. The fraction of sp³-hybridized carbons (Fsp3) is 0.333. The molecule has 0 bridgehead atoms. The highest BCUT2D eigenvalue weighted by molar-refractivity contribution is 5.86. The van der Waals surface area contributed by atoms with Gasteiger partial charge < -0.3 is 9.64 Å². The molecule has 1 aliphatic rings. The highest BCUT2D eigenvalue weighted by Gasteiger charge is 2.18. The van der Waals surface area contributed by atoms with E-state index < -0.39 is 0 Å². The van der Waals surface area contributed by atoms with Crippen LogP contribution in [-0.4, -0.2) is 58.1 Å². The fourth-order valence-corrected chi connectivity index (χ4v) is 3.16. The Kier molecular flexibility index (Phi) is 4.39. The molecule has 1 aliphatic heterocycles. The number of nitrogens with zero attached hydrogens (tertiary/aromatic N) is 6. The second-order valence-electron chi connectivity index (χ2n) is 6.01. The van der Waals surface area contributed by atoms with Crippen molar-refractivity contribution in [2.75, 3.05) is 38.2 Å². The molecule has 0 unspecified atom stereocenters. The normalized spacial score (nSPS) is 15.5. The van der Waals surface area contributed by atoms with Gasteiger partial charge in [-0.3, -0.25) is 4.90 Å². The van der Waals surface area contributed by atoms with E-state index in [1.54, 1.807) is 19.5 Å². The summed E-state index contributed by atoms with van der Waals surface area (Å²) in [6, 6.07) is 8.10. The van der Waals surface area contributed by atoms with E-state index in [9.17, 15) is 0 Å². The van der Waals surface area contributed by atoms with Gasteiger partial charge in [0.15, 0.2) is 0 Å². The highest BCUT2D eigenvalue weighted by Crippen LogP contribution is 2.27. The first kappa shape index (κ1) is 15.7. The maximum atomic E-state index is 5.36. The summed E-state index contributed by atoms with van der Waals surface area (Å²) in [6.07, 6.45) is 5.12. The van der Waals surface area contributed by atoms with E-state index in [0.29, 0.717) is 5.88 Å². The number of hydrogen-bond donors (Lipinski definition) is 0. The zero-order chi connectivity index (χ0) is 17.1. The van der Waals surface area contributed by atoms with E-state index in [-0.39, 0.29) is 0 Å². The molecule has 0 aliphatic carbocycles. The predicted molar refractivity (Wildman–Crippen MR) is 95.6 cm³/mol. The predicted octanol–water partition coefficient (Wildman–Crippen LogP) is 1.75. The Bertz CT molecular complexity index is 849. The molecule has 2 aromatic heterocycles. The summed E-state index contributed by atoms with van der Waals surface area (Å²) in [5, 5.41) is 0.947. The molecule has 1 saturated heterocycles. The van der Waals surface area contributed by atoms with Crippen molar-refractivity contribution in [3.63, 3.8) is 0 Å². The van der Waals surface area contributed by atoms with Gasteiger partial charge in [0.05, 0.1) is 24.6 Å². The molecule has 3 aromatic rings. The molecule has 128 valence electrons. The van der Waals surface area contributed by atoms with Crippen LogP contribution in [0.25, 0.3) is 10.9 Å². The molecule has 0 N–H and O–H groups in total. The van der Waals surface area contributed by atoms with Crippen molar-refractivity contribution in [2.24, 2.45) is 0 Å². The maximum Gasteiger partial charge on any atom is 0.224 e. The van der Waals surface area contributed by atoms with Crippen LogP contribution < -0.4 is 9.64 Å². The Morgan fingerprint density at radius 1 is 1.00 bits per heavy atom. The van der Waals surface area contributed by atoms with Crippen LogP contribution in [0.15, 0.2) is 43.0 Å². The first-order valence-corrected chi connectivity index (χ1v) is 8.35. The van der Waals surface area contributed by atoms with Gasteiger partial charge in [-0.15, -0.1) is 0 Å². The first-order chi connectivity index (χ1) is 12.3. The third kappa shape index (κ3) is 3.36. The van der Waals surface area contributed by atoms with Gasteiger partial charge in [0.1, 0.15) is 12.2 Å². The third-order valence-corrected chi connectivity index (χ3v) is 4.50. The molecular weight excluding hydrogens is 316 g/mol. The number of ether oxygens (including phenoxy) is 1. The van der Waals surface area contributed by atoms with E-state index in [1.165, 1.54) is 12.0 Å². The van der Waals surface area contributed by atoms with Crippen LogP contribution in [-0.2, 0) is 6.54 Å². The quantitative estimate of drug-likeness (QED) is 0.719. The molecule has 4 rings (SSSR count). The number of piperazine rings is 1. The summed E-state index contributed by atoms with van der Waals surface area (Å²) in [6.45, 7) is 4.70. The van der Waals surface area contributed by atoms with Crippen molar-refractivity contribution >= 4 is 16.6 Å². The van der Waals surface area contributed by atoms with Crippen LogP contribution in [0.3, 0.4) is 0 Å². The standard InChI is InChI=1S/C18H20N6O/c1-25-18-15-11-14(3-4-16(15)21-13-22-18)24-9-7-23(8-10-24)12-17-19-5-2-6-20-17/h2-6,11,13H,7-10,12H2,1H3. The summed E-state index contributed by atoms with van der Waals surface area (Å²) < 4.78 is 5.36. The molecule has 7 heteroatoms. The van der Waals surface area contributed by atoms with Crippen LogP contribution in [0.4, 0.5) is 5.69 Å². The van der Waals surface area contributed by atoms with Gasteiger partial charge in [-0.1, -0.05) is 0 Å². The van der Waals surface area contributed by atoms with Gasteiger partial charge in [0.25, 0.3) is 0 Å². The molecule has 1 fully saturated rings. The summed E-state index contributed by atoms with van der Waals surface area (Å²) in [7, 11) is 1.64. The second-order valence-corrected chi connectivity index (χ2v) is 6.01. The maximum absolute atomic E-state index is 5.36. The molecule has 0 saturated carbocycles. The molecule has 0 amide bonds. The van der Waals surface area contributed by atoms with Gasteiger partial charge in [-0.25, -0.2) is 19.9 Å². The molecule has 25 heavy (non-hydrogen) atoms. The number of methoxy groups -OCH3 is 1. The van der Waals surface area contributed by atoms with Crippen molar-refractivity contribution < 1.29 is 4.74 Å². The minimum atomic E-state index is 0.617. The van der Waals surface area contributed by atoms with E-state index >= 15 is 0 Å². The molecule has 0 spiro atoms. The summed E-state index contributed by atoms with van der Waals surface area (Å²) in [4.78, 5) is 21.9. The smallest absolute Gasteiger partial charge is 0.224 e. The number of benzene rings is 1. The summed E-state index contributed by atoms with van der Waals surface area (Å²) >= 11 is 0. The van der Waals surface area contributed by atoms with Gasteiger partial charge in [0, 0.05) is 44.3 Å². The molecule has 3 heterocycles. The summed E-state index contributed by atoms with van der Waals surface area (Å²) in [5.41, 5.74) is 2.08. The average molecular weight is 336 g/mol. The molecule has 7 nitrogen and oxygen atoms in total. The van der Waals surface area contributed by atoms with E-state index in [4.69, 9.17) is 4.74 Å². The van der Waals surface area contributed by atoms with Gasteiger partial charge in [0.2, 0.25) is 5.88 Å². The van der Waals surface area contributed by atoms with Crippen LogP contribution in [0.2, 0.25) is 0 Å². The zero-order valence-electron chi connectivity index (χ0n) is 14.2. The topological polar surface area (TPSA) is 67.3 Å². The third-order valence-electron chi connectivity index (χ3n) is 4.50. The van der Waals surface area contributed by atoms with Crippen LogP contribution in [0, 0.1) is 0 Å². The lowest BCUT2D eigenvalue weighted by molar-refractivity contribution is 0.244. The van der Waals surface area contributed by atoms with Crippen molar-refractivity contribution in [1.29, 1.82) is 0 Å². The Hall–Kier alpha value is -2.80. The van der Waals surface area contributed by atoms with E-state index in [2.05, 4.69) is 41.9 Å². The van der Waals surface area contributed by atoms with Gasteiger partial charge in [-0.05, 0) is 24.3 Å². The van der Waals surface area contributed by atoms with Crippen LogP contribution in [0.1, 0.15) is 5.82 Å². The Labute approximate surface area is 146 Å². The van der Waals surface area contributed by atoms with Gasteiger partial charge >= 0.3 is 0 Å². The largest absolute Gasteiger partial charge is 0.480 e. The van der Waals surface area contributed by atoms with Crippen molar-refractivity contribution in [1.82, 2.24) is 24.8 Å². The lowest BCUT2D eigenvalue weighted by atomic mass is 10.2. The number of anilines is 1. The highest BCUT2D eigenvalue weighted by atomic mass is 16.5. The zero-order valence-corrected chi connectivity index (χ0v) is 14.2. The molecule has 0 radical (unpaired) electrons. The van der Waals surface area contributed by atoms with Crippen molar-refractivity contribution in [2.45, 2.75) is 6.54 Å². The number of fused-ring (bicyclic) bond motifs is 1. The number of aromatic nitrogens is 4. The fourth-order valence-electron chi connectivity index (χ4n) is 3.16. The number of rotatable bonds is 4. The Balaban J connectivity index is 1.46. The summed E-state index contributed by atoms with van der Waals surface area (Å²) in [5.74, 6) is 1.50. The lowest BCUT2D eigenvalue weighted by Crippen LogP contribution is -2.46. The van der Waals surface area contributed by atoms with Crippen molar-refractivity contribution in [3.05, 3.63) is 48.8 Å². The monoisotopic (exact) mass is 336 g/mol.